The van der Waals surface area contributed by atoms with Gasteiger partial charge < -0.3 is 14.6 Å². The van der Waals surface area contributed by atoms with Crippen molar-refractivity contribution in [2.24, 2.45) is 5.10 Å². The van der Waals surface area contributed by atoms with Crippen molar-refractivity contribution in [2.45, 2.75) is 12.8 Å². The number of piperazine rings is 1. The monoisotopic (exact) mass is 515 g/mol. The van der Waals surface area contributed by atoms with Crippen LogP contribution < -0.4 is 5.32 Å². The third-order valence-corrected chi connectivity index (χ3v) is 5.69. The van der Waals surface area contributed by atoms with Crippen molar-refractivity contribution in [2.75, 3.05) is 45.8 Å². The Morgan fingerprint density at radius 2 is 1.70 bits per heavy atom. The molecule has 0 unspecified atom stereocenters. The van der Waals surface area contributed by atoms with E-state index in [1.54, 1.807) is 18.2 Å². The van der Waals surface area contributed by atoms with Crippen LogP contribution in [0, 0.1) is 0 Å². The van der Waals surface area contributed by atoms with Gasteiger partial charge in [-0.15, -0.1) is 24.8 Å². The van der Waals surface area contributed by atoms with Crippen LogP contribution >= 0.6 is 36.4 Å². The third-order valence-electron chi connectivity index (χ3n) is 5.43. The van der Waals surface area contributed by atoms with Crippen LogP contribution in [0.4, 0.5) is 4.79 Å². The minimum absolute atomic E-state index is 0. The largest absolute Gasteiger partial charge is 0.455 e. The molecule has 0 aliphatic carbocycles. The maximum Gasteiger partial charge on any atom is 0.347 e. The second-order valence-corrected chi connectivity index (χ2v) is 8.07. The van der Waals surface area contributed by atoms with Crippen molar-refractivity contribution in [3.63, 3.8) is 0 Å². The van der Waals surface area contributed by atoms with E-state index in [1.807, 2.05) is 18.2 Å². The lowest BCUT2D eigenvalue weighted by Crippen LogP contribution is -2.43. The number of imide groups is 1. The van der Waals surface area contributed by atoms with Gasteiger partial charge in [-0.25, -0.2) is 9.80 Å². The molecule has 3 heterocycles. The molecule has 0 radical (unpaired) electrons. The predicted molar refractivity (Wildman–Crippen MR) is 134 cm³/mol. The third kappa shape index (κ3) is 7.19. The molecule has 2 aliphatic rings. The van der Waals surface area contributed by atoms with E-state index in [0.29, 0.717) is 23.1 Å². The summed E-state index contributed by atoms with van der Waals surface area (Å²) in [7, 11) is 0. The number of amides is 3. The molecule has 4 rings (SSSR count). The Bertz CT molecular complexity index is 945. The molecular weight excluding hydrogens is 489 g/mol. The topological polar surface area (TPSA) is 81.4 Å². The summed E-state index contributed by atoms with van der Waals surface area (Å²) in [6, 6.07) is 10.5. The maximum atomic E-state index is 12.5. The van der Waals surface area contributed by atoms with Crippen LogP contribution in [0.1, 0.15) is 18.6 Å². The number of nitrogens with one attached hydrogen (secondary N) is 1. The van der Waals surface area contributed by atoms with Gasteiger partial charge in [0.1, 0.15) is 18.1 Å². The molecule has 8 nitrogen and oxygen atoms in total. The van der Waals surface area contributed by atoms with Gasteiger partial charge in [-0.2, -0.15) is 5.10 Å². The molecule has 2 aliphatic heterocycles. The van der Waals surface area contributed by atoms with Gasteiger partial charge in [-0.3, -0.25) is 9.69 Å². The number of furan rings is 1. The number of unbranched alkanes of at least 4 members (excludes halogenated alkanes) is 1. The Morgan fingerprint density at radius 3 is 2.42 bits per heavy atom. The fourth-order valence-corrected chi connectivity index (χ4v) is 3.82. The van der Waals surface area contributed by atoms with Crippen molar-refractivity contribution in [1.82, 2.24) is 20.1 Å². The zero-order valence-corrected chi connectivity index (χ0v) is 20.5. The highest BCUT2D eigenvalue weighted by Gasteiger charge is 2.35. The summed E-state index contributed by atoms with van der Waals surface area (Å²) in [5.74, 6) is 0.957. The van der Waals surface area contributed by atoms with Crippen LogP contribution in [-0.2, 0) is 4.79 Å². The Kier molecular flexibility index (Phi) is 10.7. The molecule has 0 spiro atoms. The minimum atomic E-state index is -0.382. The second kappa shape index (κ2) is 13.0. The highest BCUT2D eigenvalue weighted by Crippen LogP contribution is 2.23. The number of urea groups is 1. The van der Waals surface area contributed by atoms with Gasteiger partial charge in [-0.1, -0.05) is 11.6 Å². The van der Waals surface area contributed by atoms with E-state index in [1.165, 1.54) is 16.1 Å². The molecule has 2 saturated heterocycles. The Balaban J connectivity index is 0.00000193. The molecule has 180 valence electrons. The lowest BCUT2D eigenvalue weighted by Gasteiger charge is -2.27. The molecule has 1 N–H and O–H groups in total. The molecule has 11 heteroatoms. The first-order chi connectivity index (χ1) is 15.1. The molecule has 1 aromatic carbocycles. The number of halogens is 3. The summed E-state index contributed by atoms with van der Waals surface area (Å²) in [5, 5.41) is 9.34. The van der Waals surface area contributed by atoms with E-state index >= 15 is 0 Å². The zero-order valence-electron chi connectivity index (χ0n) is 18.1. The summed E-state index contributed by atoms with van der Waals surface area (Å²) in [6.07, 6.45) is 3.21. The molecule has 2 fully saturated rings. The summed E-state index contributed by atoms with van der Waals surface area (Å²) < 4.78 is 5.76. The van der Waals surface area contributed by atoms with Crippen molar-refractivity contribution in [3.05, 3.63) is 47.2 Å². The summed E-state index contributed by atoms with van der Waals surface area (Å²) in [4.78, 5) is 28.5. The maximum absolute atomic E-state index is 12.5. The first-order valence-corrected chi connectivity index (χ1v) is 10.9. The molecule has 0 atom stereocenters. The SMILES string of the molecule is Cl.Cl.O=C1CN(N=Cc2ccc(-c3ccc(Cl)cc3)o2)C(=O)N1CCCCN1CCNCC1. The number of hydrogen-bond acceptors (Lipinski definition) is 6. The average Bonchev–Trinajstić information content (AvgIpc) is 3.36. The lowest BCUT2D eigenvalue weighted by molar-refractivity contribution is -0.125. The van der Waals surface area contributed by atoms with E-state index in [-0.39, 0.29) is 43.3 Å². The van der Waals surface area contributed by atoms with Crippen LogP contribution in [0.2, 0.25) is 5.02 Å². The van der Waals surface area contributed by atoms with E-state index in [2.05, 4.69) is 15.3 Å². The summed E-state index contributed by atoms with van der Waals surface area (Å²) in [6.45, 7) is 5.52. The van der Waals surface area contributed by atoms with Crippen LogP contribution in [0.15, 0.2) is 45.9 Å². The van der Waals surface area contributed by atoms with Gasteiger partial charge in [-0.05, 0) is 55.8 Å². The number of benzene rings is 1. The van der Waals surface area contributed by atoms with Gasteiger partial charge in [0.15, 0.2) is 0 Å². The normalized spacial score (nSPS) is 16.9. The van der Waals surface area contributed by atoms with Crippen LogP contribution in [0.25, 0.3) is 11.3 Å². The lowest BCUT2D eigenvalue weighted by atomic mass is 10.2. The molecule has 33 heavy (non-hydrogen) atoms. The molecule has 1 aromatic heterocycles. The zero-order chi connectivity index (χ0) is 21.6. The Labute approximate surface area is 210 Å². The van der Waals surface area contributed by atoms with E-state index < -0.39 is 0 Å². The fourth-order valence-electron chi connectivity index (χ4n) is 3.70. The minimum Gasteiger partial charge on any atom is -0.455 e. The van der Waals surface area contributed by atoms with Crippen LogP contribution in [0.3, 0.4) is 0 Å². The second-order valence-electron chi connectivity index (χ2n) is 7.64. The number of carbonyl (C=O) groups is 2. The van der Waals surface area contributed by atoms with Crippen molar-refractivity contribution in [1.29, 1.82) is 0 Å². The van der Waals surface area contributed by atoms with Crippen molar-refractivity contribution < 1.29 is 14.0 Å². The van der Waals surface area contributed by atoms with E-state index in [4.69, 9.17) is 16.0 Å². The van der Waals surface area contributed by atoms with Crippen molar-refractivity contribution >= 4 is 54.6 Å². The quantitative estimate of drug-likeness (QED) is 0.328. The Morgan fingerprint density at radius 1 is 1.00 bits per heavy atom. The van der Waals surface area contributed by atoms with Gasteiger partial charge in [0.25, 0.3) is 5.91 Å². The molecular formula is C22H28Cl3N5O3. The number of carbonyl (C=O) groups excluding carboxylic acids is 2. The van der Waals surface area contributed by atoms with Crippen LogP contribution in [-0.4, -0.2) is 78.8 Å². The Hall–Kier alpha value is -2.10. The predicted octanol–water partition coefficient (Wildman–Crippen LogP) is 3.73. The number of hydrogen-bond donors (Lipinski definition) is 1. The summed E-state index contributed by atoms with van der Waals surface area (Å²) >= 11 is 5.91. The first kappa shape index (κ1) is 27.1. The molecule has 3 amide bonds. The highest BCUT2D eigenvalue weighted by atomic mass is 35.5. The van der Waals surface area contributed by atoms with E-state index in [0.717, 1.165) is 51.1 Å². The fraction of sp³-hybridized carbons (Fsp3) is 0.409. The molecule has 0 saturated carbocycles. The van der Waals surface area contributed by atoms with E-state index in [9.17, 15) is 9.59 Å². The number of rotatable bonds is 8. The van der Waals surface area contributed by atoms with Crippen molar-refractivity contribution in [3.8, 4) is 11.3 Å². The van der Waals surface area contributed by atoms with Crippen LogP contribution in [0.5, 0.6) is 0 Å². The summed E-state index contributed by atoms with van der Waals surface area (Å²) in [5.41, 5.74) is 0.892. The van der Waals surface area contributed by atoms with Gasteiger partial charge in [0, 0.05) is 43.3 Å². The number of nitrogens with zero attached hydrogens (tertiary/aromatic N) is 4. The average molecular weight is 517 g/mol. The highest BCUT2D eigenvalue weighted by molar-refractivity contribution is 6.30. The van der Waals surface area contributed by atoms with Gasteiger partial charge >= 0.3 is 6.03 Å². The smallest absolute Gasteiger partial charge is 0.347 e. The molecule has 2 aromatic rings. The van der Waals surface area contributed by atoms with Gasteiger partial charge in [0.05, 0.1) is 6.21 Å². The standard InChI is InChI=1S/C22H26ClN5O3.2ClH/c23-18-5-3-17(4-6-18)20-8-7-19(31-20)15-25-28-16-21(29)27(22(28)30)12-2-1-11-26-13-9-24-10-14-26;;/h3-8,15,24H,1-2,9-14,16H2;2*1H. The van der Waals surface area contributed by atoms with Gasteiger partial charge in [0.2, 0.25) is 0 Å². The molecule has 0 bridgehead atoms. The number of hydrazone groups is 1. The first-order valence-electron chi connectivity index (χ1n) is 10.5.